The van der Waals surface area contributed by atoms with E-state index in [0.29, 0.717) is 18.4 Å². The van der Waals surface area contributed by atoms with Crippen molar-refractivity contribution in [2.24, 2.45) is 11.8 Å². The highest BCUT2D eigenvalue weighted by Crippen LogP contribution is 2.30. The molecular formula is C10H19NO3. The van der Waals surface area contributed by atoms with E-state index < -0.39 is 6.09 Å². The smallest absolute Gasteiger partial charge is 0.407 e. The zero-order valence-electron chi connectivity index (χ0n) is 8.66. The lowest BCUT2D eigenvalue weighted by atomic mass is 9.98. The van der Waals surface area contributed by atoms with Crippen molar-refractivity contribution in [3.63, 3.8) is 0 Å². The van der Waals surface area contributed by atoms with Gasteiger partial charge in [-0.25, -0.2) is 4.79 Å². The Labute approximate surface area is 84.6 Å². The van der Waals surface area contributed by atoms with E-state index in [1.54, 1.807) is 0 Å². The molecule has 82 valence electrons. The summed E-state index contributed by atoms with van der Waals surface area (Å²) in [5.74, 6) is 1.30. The van der Waals surface area contributed by atoms with Crippen LogP contribution in [-0.4, -0.2) is 31.0 Å². The van der Waals surface area contributed by atoms with Crippen LogP contribution in [0.5, 0.6) is 0 Å². The number of aliphatic hydroxyl groups is 1. The Morgan fingerprint density at radius 3 is 2.93 bits per heavy atom. The van der Waals surface area contributed by atoms with Crippen molar-refractivity contribution in [1.29, 1.82) is 0 Å². The van der Waals surface area contributed by atoms with Crippen LogP contribution in [-0.2, 0) is 4.74 Å². The van der Waals surface area contributed by atoms with Crippen molar-refractivity contribution in [1.82, 2.24) is 5.32 Å². The van der Waals surface area contributed by atoms with E-state index in [9.17, 15) is 4.79 Å². The first-order valence-electron chi connectivity index (χ1n) is 5.25. The van der Waals surface area contributed by atoms with Crippen LogP contribution in [0, 0.1) is 11.8 Å². The lowest BCUT2D eigenvalue weighted by Gasteiger charge is -2.15. The van der Waals surface area contributed by atoms with E-state index in [4.69, 9.17) is 5.11 Å². The number of carbonyl (C=O) groups excluding carboxylic acids is 1. The number of nitrogens with one attached hydrogen (secondary N) is 1. The summed E-state index contributed by atoms with van der Waals surface area (Å²) in [6.07, 6.45) is 3.30. The SMILES string of the molecule is CC1CCCC1CNC(=O)OCCO. The average molecular weight is 201 g/mol. The molecule has 0 aromatic rings. The molecule has 2 atom stereocenters. The molecular weight excluding hydrogens is 182 g/mol. The number of alkyl carbamates (subject to hydrolysis) is 1. The predicted octanol–water partition coefficient (Wildman–Crippen LogP) is 1.14. The molecule has 1 aliphatic rings. The van der Waals surface area contributed by atoms with Gasteiger partial charge in [-0.1, -0.05) is 19.8 Å². The summed E-state index contributed by atoms with van der Waals surface area (Å²) in [5, 5.41) is 11.1. The Morgan fingerprint density at radius 1 is 1.57 bits per heavy atom. The van der Waals surface area contributed by atoms with Crippen LogP contribution in [0.15, 0.2) is 0 Å². The van der Waals surface area contributed by atoms with Crippen LogP contribution in [0.4, 0.5) is 4.79 Å². The molecule has 0 radical (unpaired) electrons. The maximum Gasteiger partial charge on any atom is 0.407 e. The van der Waals surface area contributed by atoms with Crippen LogP contribution in [0.3, 0.4) is 0 Å². The maximum absolute atomic E-state index is 11.0. The highest BCUT2D eigenvalue weighted by Gasteiger charge is 2.23. The van der Waals surface area contributed by atoms with E-state index in [1.165, 1.54) is 19.3 Å². The van der Waals surface area contributed by atoms with Crippen molar-refractivity contribution in [3.8, 4) is 0 Å². The van der Waals surface area contributed by atoms with E-state index in [0.717, 1.165) is 0 Å². The second-order valence-corrected chi connectivity index (χ2v) is 3.91. The van der Waals surface area contributed by atoms with Gasteiger partial charge in [0, 0.05) is 6.54 Å². The molecule has 1 saturated carbocycles. The van der Waals surface area contributed by atoms with Crippen LogP contribution in [0.1, 0.15) is 26.2 Å². The minimum Gasteiger partial charge on any atom is -0.447 e. The van der Waals surface area contributed by atoms with Crippen molar-refractivity contribution >= 4 is 6.09 Å². The molecule has 0 saturated heterocycles. The highest BCUT2D eigenvalue weighted by molar-refractivity contribution is 5.67. The molecule has 1 fully saturated rings. The third kappa shape index (κ3) is 3.54. The van der Waals surface area contributed by atoms with E-state index in [1.807, 2.05) is 0 Å². The standard InChI is InChI=1S/C10H19NO3/c1-8-3-2-4-9(8)7-11-10(13)14-6-5-12/h8-9,12H,2-7H2,1H3,(H,11,13). The molecule has 2 N–H and O–H groups in total. The molecule has 0 aliphatic heterocycles. The first-order chi connectivity index (χ1) is 6.74. The predicted molar refractivity (Wildman–Crippen MR) is 52.9 cm³/mol. The van der Waals surface area contributed by atoms with Crippen molar-refractivity contribution < 1.29 is 14.6 Å². The number of hydrogen-bond donors (Lipinski definition) is 2. The Morgan fingerprint density at radius 2 is 2.36 bits per heavy atom. The first kappa shape index (κ1) is 11.3. The zero-order valence-corrected chi connectivity index (χ0v) is 8.66. The molecule has 0 aromatic carbocycles. The summed E-state index contributed by atoms with van der Waals surface area (Å²) in [5.41, 5.74) is 0. The van der Waals surface area contributed by atoms with Gasteiger partial charge in [-0.3, -0.25) is 0 Å². The average Bonchev–Trinajstić information content (AvgIpc) is 2.58. The Balaban J connectivity index is 2.10. The zero-order chi connectivity index (χ0) is 10.4. The number of hydrogen-bond acceptors (Lipinski definition) is 3. The van der Waals surface area contributed by atoms with Gasteiger partial charge in [-0.2, -0.15) is 0 Å². The molecule has 2 unspecified atom stereocenters. The fourth-order valence-electron chi connectivity index (χ4n) is 1.93. The van der Waals surface area contributed by atoms with Crippen LogP contribution in [0.25, 0.3) is 0 Å². The van der Waals surface area contributed by atoms with E-state index in [2.05, 4.69) is 17.0 Å². The first-order valence-corrected chi connectivity index (χ1v) is 5.25. The summed E-state index contributed by atoms with van der Waals surface area (Å²) < 4.78 is 4.69. The van der Waals surface area contributed by atoms with Gasteiger partial charge in [-0.15, -0.1) is 0 Å². The van der Waals surface area contributed by atoms with Crippen molar-refractivity contribution in [3.05, 3.63) is 0 Å². The minimum atomic E-state index is -0.418. The summed E-state index contributed by atoms with van der Waals surface area (Å²) >= 11 is 0. The number of amides is 1. The van der Waals surface area contributed by atoms with Crippen LogP contribution >= 0.6 is 0 Å². The Bertz CT molecular complexity index is 184. The van der Waals surface area contributed by atoms with Crippen molar-refractivity contribution in [2.75, 3.05) is 19.8 Å². The molecule has 4 nitrogen and oxygen atoms in total. The third-order valence-corrected chi connectivity index (χ3v) is 2.87. The van der Waals surface area contributed by atoms with E-state index >= 15 is 0 Å². The monoisotopic (exact) mass is 201 g/mol. The van der Waals surface area contributed by atoms with Gasteiger partial charge in [0.25, 0.3) is 0 Å². The van der Waals surface area contributed by atoms with Crippen molar-refractivity contribution in [2.45, 2.75) is 26.2 Å². The lowest BCUT2D eigenvalue weighted by Crippen LogP contribution is -2.31. The number of ether oxygens (including phenoxy) is 1. The molecule has 1 aliphatic carbocycles. The summed E-state index contributed by atoms with van der Waals surface area (Å²) in [6, 6.07) is 0. The molecule has 1 rings (SSSR count). The fourth-order valence-corrected chi connectivity index (χ4v) is 1.93. The normalized spacial score (nSPS) is 26.1. The molecule has 0 bridgehead atoms. The minimum absolute atomic E-state index is 0.0754. The Kier molecular flexibility index (Phi) is 4.73. The molecule has 0 heterocycles. The van der Waals surface area contributed by atoms with Crippen LogP contribution < -0.4 is 5.32 Å². The quantitative estimate of drug-likeness (QED) is 0.717. The molecule has 1 amide bonds. The highest BCUT2D eigenvalue weighted by atomic mass is 16.6. The van der Waals surface area contributed by atoms with Gasteiger partial charge in [-0.05, 0) is 18.3 Å². The van der Waals surface area contributed by atoms with Gasteiger partial charge < -0.3 is 15.2 Å². The maximum atomic E-state index is 11.0. The number of carbonyl (C=O) groups is 1. The summed E-state index contributed by atoms with van der Waals surface area (Å²) in [6.45, 7) is 2.88. The van der Waals surface area contributed by atoms with Crippen LogP contribution in [0.2, 0.25) is 0 Å². The van der Waals surface area contributed by atoms with Gasteiger partial charge in [0.2, 0.25) is 0 Å². The molecule has 0 spiro atoms. The molecule has 0 aromatic heterocycles. The molecule has 4 heteroatoms. The van der Waals surface area contributed by atoms with Gasteiger partial charge in [0.15, 0.2) is 0 Å². The third-order valence-electron chi connectivity index (χ3n) is 2.87. The lowest BCUT2D eigenvalue weighted by molar-refractivity contribution is 0.117. The van der Waals surface area contributed by atoms with Gasteiger partial charge >= 0.3 is 6.09 Å². The summed E-state index contributed by atoms with van der Waals surface area (Å²) in [7, 11) is 0. The fraction of sp³-hybridized carbons (Fsp3) is 0.900. The second-order valence-electron chi connectivity index (χ2n) is 3.91. The largest absolute Gasteiger partial charge is 0.447 e. The number of aliphatic hydroxyl groups excluding tert-OH is 1. The van der Waals surface area contributed by atoms with E-state index in [-0.39, 0.29) is 13.2 Å². The Hall–Kier alpha value is -0.770. The summed E-state index contributed by atoms with van der Waals surface area (Å²) in [4.78, 5) is 11.0. The van der Waals surface area contributed by atoms with Gasteiger partial charge in [0.1, 0.15) is 6.61 Å². The second kappa shape index (κ2) is 5.86. The molecule has 14 heavy (non-hydrogen) atoms. The topological polar surface area (TPSA) is 58.6 Å². The van der Waals surface area contributed by atoms with Gasteiger partial charge in [0.05, 0.1) is 6.61 Å². The number of rotatable bonds is 4.